The molecule has 0 radical (unpaired) electrons. The van der Waals surface area contributed by atoms with Crippen LogP contribution in [0.5, 0.6) is 0 Å². The highest BCUT2D eigenvalue weighted by Gasteiger charge is 2.08. The summed E-state index contributed by atoms with van der Waals surface area (Å²) in [6.07, 6.45) is 0. The Hall–Kier alpha value is -1.32. The number of rotatable bonds is 5. The van der Waals surface area contributed by atoms with Gasteiger partial charge in [-0.25, -0.2) is 0 Å². The molecule has 19 heavy (non-hydrogen) atoms. The molecular weight excluding hydrogens is 302 g/mol. The van der Waals surface area contributed by atoms with Crippen LogP contribution in [0, 0.1) is 0 Å². The lowest BCUT2D eigenvalue weighted by molar-refractivity contribution is 0.185. The van der Waals surface area contributed by atoms with E-state index in [0.717, 1.165) is 10.2 Å². The average molecular weight is 320 g/mol. The second-order valence-corrected chi connectivity index (χ2v) is 5.38. The van der Waals surface area contributed by atoms with Gasteiger partial charge in [0.05, 0.1) is 6.61 Å². The quantitative estimate of drug-likeness (QED) is 0.857. The summed E-state index contributed by atoms with van der Waals surface area (Å²) in [7, 11) is 1.71. The molecule has 0 aliphatic heterocycles. The number of benzene rings is 2. The first-order valence-electron chi connectivity index (χ1n) is 6.29. The van der Waals surface area contributed by atoms with Crippen LogP contribution in [0.1, 0.15) is 24.1 Å². The summed E-state index contributed by atoms with van der Waals surface area (Å²) in [4.78, 5) is 0. The predicted octanol–water partition coefficient (Wildman–Crippen LogP) is 4.77. The summed E-state index contributed by atoms with van der Waals surface area (Å²) in [6, 6.07) is 16.8. The lowest BCUT2D eigenvalue weighted by Gasteiger charge is -2.17. The van der Waals surface area contributed by atoms with Crippen molar-refractivity contribution in [3.8, 4) is 0 Å². The third-order valence-corrected chi connectivity index (χ3v) is 3.72. The zero-order chi connectivity index (χ0) is 13.7. The molecule has 0 fully saturated rings. The summed E-state index contributed by atoms with van der Waals surface area (Å²) >= 11 is 3.59. The topological polar surface area (TPSA) is 21.3 Å². The van der Waals surface area contributed by atoms with Crippen LogP contribution in [-0.4, -0.2) is 7.11 Å². The van der Waals surface area contributed by atoms with Gasteiger partial charge >= 0.3 is 0 Å². The van der Waals surface area contributed by atoms with Crippen molar-refractivity contribution in [3.05, 3.63) is 64.1 Å². The molecule has 2 nitrogen and oxygen atoms in total. The van der Waals surface area contributed by atoms with Gasteiger partial charge in [0.2, 0.25) is 0 Å². The van der Waals surface area contributed by atoms with E-state index in [2.05, 4.69) is 64.6 Å². The molecule has 0 aliphatic carbocycles. The molecule has 0 aliphatic rings. The Morgan fingerprint density at radius 1 is 1.16 bits per heavy atom. The highest BCUT2D eigenvalue weighted by molar-refractivity contribution is 9.10. The highest BCUT2D eigenvalue weighted by Crippen LogP contribution is 2.26. The highest BCUT2D eigenvalue weighted by atomic mass is 79.9. The summed E-state index contributed by atoms with van der Waals surface area (Å²) in [6.45, 7) is 2.79. The summed E-state index contributed by atoms with van der Waals surface area (Å²) in [5, 5.41) is 3.51. The summed E-state index contributed by atoms with van der Waals surface area (Å²) < 4.78 is 6.28. The molecule has 0 spiro atoms. The third-order valence-electron chi connectivity index (χ3n) is 2.99. The van der Waals surface area contributed by atoms with E-state index in [1.165, 1.54) is 11.1 Å². The first kappa shape index (κ1) is 14.1. The smallest absolute Gasteiger partial charge is 0.0713 e. The van der Waals surface area contributed by atoms with E-state index in [0.29, 0.717) is 6.61 Å². The Balaban J connectivity index is 2.12. The van der Waals surface area contributed by atoms with Gasteiger partial charge in [0.15, 0.2) is 0 Å². The largest absolute Gasteiger partial charge is 0.380 e. The second kappa shape index (κ2) is 6.73. The van der Waals surface area contributed by atoms with Gasteiger partial charge in [0.1, 0.15) is 0 Å². The van der Waals surface area contributed by atoms with E-state index in [-0.39, 0.29) is 6.04 Å². The maximum atomic E-state index is 5.16. The monoisotopic (exact) mass is 319 g/mol. The number of nitrogens with one attached hydrogen (secondary N) is 1. The minimum Gasteiger partial charge on any atom is -0.380 e. The summed E-state index contributed by atoms with van der Waals surface area (Å²) in [5.74, 6) is 0. The van der Waals surface area contributed by atoms with Crippen molar-refractivity contribution in [3.63, 3.8) is 0 Å². The van der Waals surface area contributed by atoms with Gasteiger partial charge in [-0.2, -0.15) is 0 Å². The molecule has 100 valence electrons. The zero-order valence-corrected chi connectivity index (χ0v) is 12.8. The Morgan fingerprint density at radius 2 is 1.95 bits per heavy atom. The molecule has 2 aromatic rings. The van der Waals surface area contributed by atoms with Gasteiger partial charge in [-0.3, -0.25) is 0 Å². The first-order chi connectivity index (χ1) is 9.20. The summed E-state index contributed by atoms with van der Waals surface area (Å²) in [5.41, 5.74) is 3.53. The van der Waals surface area contributed by atoms with E-state index in [4.69, 9.17) is 4.74 Å². The van der Waals surface area contributed by atoms with Crippen LogP contribution < -0.4 is 5.32 Å². The number of ether oxygens (including phenoxy) is 1. The fraction of sp³-hybridized carbons (Fsp3) is 0.250. The van der Waals surface area contributed by atoms with Crippen molar-refractivity contribution >= 4 is 21.6 Å². The van der Waals surface area contributed by atoms with Crippen LogP contribution in [0.2, 0.25) is 0 Å². The van der Waals surface area contributed by atoms with Crippen molar-refractivity contribution in [1.82, 2.24) is 0 Å². The number of hydrogen-bond acceptors (Lipinski definition) is 2. The average Bonchev–Trinajstić information content (AvgIpc) is 2.40. The van der Waals surface area contributed by atoms with E-state index in [1.54, 1.807) is 7.11 Å². The van der Waals surface area contributed by atoms with Gasteiger partial charge in [-0.15, -0.1) is 0 Å². The Morgan fingerprint density at radius 3 is 2.68 bits per heavy atom. The van der Waals surface area contributed by atoms with Gasteiger partial charge in [-0.1, -0.05) is 46.3 Å². The molecule has 0 saturated carbocycles. The van der Waals surface area contributed by atoms with Crippen molar-refractivity contribution in [2.24, 2.45) is 0 Å². The number of halogens is 1. The van der Waals surface area contributed by atoms with Crippen molar-refractivity contribution in [1.29, 1.82) is 0 Å². The molecule has 1 unspecified atom stereocenters. The predicted molar refractivity (Wildman–Crippen MR) is 83.3 cm³/mol. The van der Waals surface area contributed by atoms with Crippen LogP contribution in [0.3, 0.4) is 0 Å². The van der Waals surface area contributed by atoms with Gasteiger partial charge in [-0.05, 0) is 36.2 Å². The van der Waals surface area contributed by atoms with E-state index >= 15 is 0 Å². The molecule has 0 amide bonds. The lowest BCUT2D eigenvalue weighted by Crippen LogP contribution is -2.07. The first-order valence-corrected chi connectivity index (χ1v) is 7.09. The van der Waals surface area contributed by atoms with Crippen molar-refractivity contribution in [2.45, 2.75) is 19.6 Å². The molecule has 0 heterocycles. The third kappa shape index (κ3) is 3.82. The minimum atomic E-state index is 0.244. The van der Waals surface area contributed by atoms with Crippen LogP contribution in [0.4, 0.5) is 5.69 Å². The normalized spacial score (nSPS) is 12.2. The fourth-order valence-electron chi connectivity index (χ4n) is 2.07. The van der Waals surface area contributed by atoms with Gasteiger partial charge < -0.3 is 10.1 Å². The number of hydrogen-bond donors (Lipinski definition) is 1. The van der Waals surface area contributed by atoms with Crippen LogP contribution in [-0.2, 0) is 11.3 Å². The molecule has 0 bridgehead atoms. The molecular formula is C16H18BrNO. The second-order valence-electron chi connectivity index (χ2n) is 4.52. The van der Waals surface area contributed by atoms with Crippen LogP contribution in [0.15, 0.2) is 53.0 Å². The fourth-order valence-corrected chi connectivity index (χ4v) is 2.70. The molecule has 1 atom stereocenters. The van der Waals surface area contributed by atoms with E-state index in [1.807, 2.05) is 12.1 Å². The van der Waals surface area contributed by atoms with Crippen LogP contribution in [0.25, 0.3) is 0 Å². The van der Waals surface area contributed by atoms with E-state index in [9.17, 15) is 0 Å². The van der Waals surface area contributed by atoms with Crippen molar-refractivity contribution in [2.75, 3.05) is 12.4 Å². The van der Waals surface area contributed by atoms with Gasteiger partial charge in [0, 0.05) is 23.3 Å². The lowest BCUT2D eigenvalue weighted by atomic mass is 10.1. The Bertz CT molecular complexity index is 542. The SMILES string of the molecule is COCc1cccc(NC(C)c2ccccc2Br)c1. The molecule has 1 N–H and O–H groups in total. The Kier molecular flexibility index (Phi) is 5.00. The minimum absolute atomic E-state index is 0.244. The number of anilines is 1. The van der Waals surface area contributed by atoms with Crippen molar-refractivity contribution < 1.29 is 4.74 Å². The molecule has 2 rings (SSSR count). The Labute approximate surface area is 122 Å². The number of methoxy groups -OCH3 is 1. The molecule has 2 aromatic carbocycles. The molecule has 3 heteroatoms. The maximum Gasteiger partial charge on any atom is 0.0713 e. The standard InChI is InChI=1S/C16H18BrNO/c1-12(15-8-3-4-9-16(15)17)18-14-7-5-6-13(10-14)11-19-2/h3-10,12,18H,11H2,1-2H3. The van der Waals surface area contributed by atoms with Crippen LogP contribution >= 0.6 is 15.9 Å². The zero-order valence-electron chi connectivity index (χ0n) is 11.2. The van der Waals surface area contributed by atoms with Gasteiger partial charge in [0.25, 0.3) is 0 Å². The molecule has 0 aromatic heterocycles. The molecule has 0 saturated heterocycles. The maximum absolute atomic E-state index is 5.16. The van der Waals surface area contributed by atoms with E-state index < -0.39 is 0 Å².